The summed E-state index contributed by atoms with van der Waals surface area (Å²) in [6, 6.07) is 25.6. The molecular formula is C27H17NO5. The van der Waals surface area contributed by atoms with Crippen molar-refractivity contribution in [1.29, 1.82) is 0 Å². The number of para-hydroxylation sites is 1. The molecule has 6 nitrogen and oxygen atoms in total. The van der Waals surface area contributed by atoms with Gasteiger partial charge in [0, 0.05) is 5.56 Å². The molecule has 0 saturated heterocycles. The first-order valence-corrected chi connectivity index (χ1v) is 10.3. The molecule has 5 rings (SSSR count). The van der Waals surface area contributed by atoms with Crippen molar-refractivity contribution in [2.45, 2.75) is 0 Å². The second kappa shape index (κ2) is 8.16. The zero-order valence-electron chi connectivity index (χ0n) is 17.4. The van der Waals surface area contributed by atoms with Crippen molar-refractivity contribution in [3.05, 3.63) is 113 Å². The average Bonchev–Trinajstić information content (AvgIpc) is 3.11. The number of benzene rings is 4. The molecule has 0 aromatic heterocycles. The predicted molar refractivity (Wildman–Crippen MR) is 123 cm³/mol. The van der Waals surface area contributed by atoms with Gasteiger partial charge in [-0.15, -0.1) is 0 Å². The molecule has 1 aliphatic rings. The maximum atomic E-state index is 12.8. The summed E-state index contributed by atoms with van der Waals surface area (Å²) >= 11 is 0. The molecule has 1 aliphatic heterocycles. The van der Waals surface area contributed by atoms with Crippen molar-refractivity contribution < 1.29 is 23.9 Å². The van der Waals surface area contributed by atoms with Crippen LogP contribution in [0, 0.1) is 0 Å². The third kappa shape index (κ3) is 3.57. The minimum atomic E-state index is -0.795. The van der Waals surface area contributed by atoms with E-state index >= 15 is 0 Å². The lowest BCUT2D eigenvalue weighted by Gasteiger charge is -2.17. The number of carbonyl (C=O) groups excluding carboxylic acids is 4. The van der Waals surface area contributed by atoms with Gasteiger partial charge in [0.05, 0.1) is 22.4 Å². The van der Waals surface area contributed by atoms with Crippen LogP contribution < -0.4 is 4.90 Å². The number of nitrogens with zero attached hydrogens (tertiary/aromatic N) is 1. The number of esters is 1. The van der Waals surface area contributed by atoms with Crippen molar-refractivity contribution >= 4 is 40.0 Å². The van der Waals surface area contributed by atoms with E-state index in [4.69, 9.17) is 4.74 Å². The summed E-state index contributed by atoms with van der Waals surface area (Å²) in [5.41, 5.74) is 1.12. The number of Topliss-reactive ketones (excluding diaryl/α,β-unsaturated/α-hetero) is 1. The second-order valence-corrected chi connectivity index (χ2v) is 7.57. The quantitative estimate of drug-likeness (QED) is 0.258. The molecule has 0 atom stereocenters. The molecule has 4 aromatic carbocycles. The van der Waals surface area contributed by atoms with Crippen LogP contribution in [0.3, 0.4) is 0 Å². The number of hydrogen-bond acceptors (Lipinski definition) is 5. The van der Waals surface area contributed by atoms with Gasteiger partial charge in [-0.3, -0.25) is 14.4 Å². The number of rotatable bonds is 5. The molecule has 6 heteroatoms. The second-order valence-electron chi connectivity index (χ2n) is 7.57. The van der Waals surface area contributed by atoms with Gasteiger partial charge >= 0.3 is 5.97 Å². The highest BCUT2D eigenvalue weighted by atomic mass is 16.5. The first-order chi connectivity index (χ1) is 16.0. The third-order valence-electron chi connectivity index (χ3n) is 5.56. The van der Waals surface area contributed by atoms with Gasteiger partial charge in [0.15, 0.2) is 12.4 Å². The molecule has 1 heterocycles. The molecule has 0 aliphatic carbocycles. The molecule has 2 amide bonds. The molecule has 33 heavy (non-hydrogen) atoms. The molecule has 0 radical (unpaired) electrons. The van der Waals surface area contributed by atoms with E-state index in [-0.39, 0.29) is 28.2 Å². The number of amides is 2. The number of anilines is 1. The lowest BCUT2D eigenvalue weighted by molar-refractivity contribution is 0.0475. The Labute approximate surface area is 189 Å². The number of ketones is 1. The Morgan fingerprint density at radius 1 is 0.697 bits per heavy atom. The molecule has 0 spiro atoms. The van der Waals surface area contributed by atoms with Gasteiger partial charge in [0.25, 0.3) is 11.8 Å². The van der Waals surface area contributed by atoms with Crippen LogP contribution in [-0.4, -0.2) is 30.2 Å². The van der Waals surface area contributed by atoms with Crippen molar-refractivity contribution in [3.8, 4) is 0 Å². The number of hydrogen-bond donors (Lipinski definition) is 0. The highest BCUT2D eigenvalue weighted by Gasteiger charge is 2.38. The summed E-state index contributed by atoms with van der Waals surface area (Å²) in [5.74, 6) is -2.17. The zero-order chi connectivity index (χ0) is 22.9. The van der Waals surface area contributed by atoms with Crippen LogP contribution in [0.25, 0.3) is 10.8 Å². The summed E-state index contributed by atoms with van der Waals surface area (Å²) in [5, 5.41) is 1.91. The fourth-order valence-corrected chi connectivity index (χ4v) is 3.90. The van der Waals surface area contributed by atoms with Gasteiger partial charge in [-0.05, 0) is 41.1 Å². The molecule has 160 valence electrons. The first kappa shape index (κ1) is 20.3. The fraction of sp³-hybridized carbons (Fsp3) is 0.0370. The largest absolute Gasteiger partial charge is 0.454 e. The molecule has 0 saturated carbocycles. The summed E-state index contributed by atoms with van der Waals surface area (Å²) in [7, 11) is 0. The van der Waals surface area contributed by atoms with Crippen LogP contribution in [0.2, 0.25) is 0 Å². The van der Waals surface area contributed by atoms with Crippen molar-refractivity contribution in [2.24, 2.45) is 0 Å². The SMILES string of the molecule is O=C(COC(=O)c1ccccc1N1C(=O)c2ccccc2C1=O)c1ccc2ccccc2c1. The maximum Gasteiger partial charge on any atom is 0.340 e. The summed E-state index contributed by atoms with van der Waals surface area (Å²) < 4.78 is 5.27. The summed E-state index contributed by atoms with van der Waals surface area (Å²) in [6.45, 7) is -0.465. The summed E-state index contributed by atoms with van der Waals surface area (Å²) in [4.78, 5) is 52.1. The van der Waals surface area contributed by atoms with Crippen LogP contribution >= 0.6 is 0 Å². The van der Waals surface area contributed by atoms with Crippen LogP contribution in [0.15, 0.2) is 91.0 Å². The van der Waals surface area contributed by atoms with Gasteiger partial charge in [0.2, 0.25) is 0 Å². The number of carbonyl (C=O) groups is 4. The van der Waals surface area contributed by atoms with E-state index in [1.54, 1.807) is 48.5 Å². The minimum absolute atomic E-state index is 0.0262. The summed E-state index contributed by atoms with van der Waals surface area (Å²) in [6.07, 6.45) is 0. The Morgan fingerprint density at radius 2 is 1.30 bits per heavy atom. The number of ether oxygens (including phenoxy) is 1. The lowest BCUT2D eigenvalue weighted by Crippen LogP contribution is -2.31. The van der Waals surface area contributed by atoms with Gasteiger partial charge < -0.3 is 4.74 Å². The maximum absolute atomic E-state index is 12.8. The smallest absolute Gasteiger partial charge is 0.340 e. The van der Waals surface area contributed by atoms with Crippen molar-refractivity contribution in [2.75, 3.05) is 11.5 Å². The van der Waals surface area contributed by atoms with E-state index in [1.165, 1.54) is 12.1 Å². The van der Waals surface area contributed by atoms with Crippen LogP contribution in [0.1, 0.15) is 41.4 Å². The first-order valence-electron chi connectivity index (χ1n) is 10.3. The topological polar surface area (TPSA) is 80.8 Å². The Bertz CT molecular complexity index is 1420. The minimum Gasteiger partial charge on any atom is -0.454 e. The standard InChI is InChI=1S/C27H17NO5/c29-24(19-14-13-17-7-1-2-8-18(17)15-19)16-33-27(32)22-11-5-6-12-23(22)28-25(30)20-9-3-4-10-21(20)26(28)31/h1-15H,16H2. The molecule has 0 bridgehead atoms. The Balaban J connectivity index is 1.36. The van der Waals surface area contributed by atoms with E-state index in [9.17, 15) is 19.2 Å². The van der Waals surface area contributed by atoms with Gasteiger partial charge in [0.1, 0.15) is 0 Å². The molecular weight excluding hydrogens is 418 g/mol. The Kier molecular flexibility index (Phi) is 5.03. The Hall–Kier alpha value is -4.58. The van der Waals surface area contributed by atoms with Crippen LogP contribution in [-0.2, 0) is 4.74 Å². The fourth-order valence-electron chi connectivity index (χ4n) is 3.90. The third-order valence-corrected chi connectivity index (χ3v) is 5.56. The van der Waals surface area contributed by atoms with E-state index in [1.807, 2.05) is 30.3 Å². The average molecular weight is 435 g/mol. The Morgan fingerprint density at radius 3 is 2.03 bits per heavy atom. The number of imide groups is 1. The van der Waals surface area contributed by atoms with Crippen molar-refractivity contribution in [3.63, 3.8) is 0 Å². The van der Waals surface area contributed by atoms with Crippen LogP contribution in [0.5, 0.6) is 0 Å². The van der Waals surface area contributed by atoms with Crippen LogP contribution in [0.4, 0.5) is 5.69 Å². The highest BCUT2D eigenvalue weighted by molar-refractivity contribution is 6.35. The predicted octanol–water partition coefficient (Wildman–Crippen LogP) is 4.68. The normalized spacial score (nSPS) is 12.7. The lowest BCUT2D eigenvalue weighted by atomic mass is 10.0. The van der Waals surface area contributed by atoms with Gasteiger partial charge in [-0.25, -0.2) is 9.69 Å². The monoisotopic (exact) mass is 435 g/mol. The highest BCUT2D eigenvalue weighted by Crippen LogP contribution is 2.31. The van der Waals surface area contributed by atoms with Gasteiger partial charge in [-0.1, -0.05) is 60.7 Å². The van der Waals surface area contributed by atoms with Gasteiger partial charge in [-0.2, -0.15) is 0 Å². The molecule has 0 unspecified atom stereocenters. The van der Waals surface area contributed by atoms with E-state index in [0.717, 1.165) is 15.7 Å². The zero-order valence-corrected chi connectivity index (χ0v) is 17.4. The van der Waals surface area contributed by atoms with E-state index in [0.29, 0.717) is 5.56 Å². The van der Waals surface area contributed by atoms with Crippen molar-refractivity contribution in [1.82, 2.24) is 0 Å². The van der Waals surface area contributed by atoms with E-state index in [2.05, 4.69) is 0 Å². The molecule has 4 aromatic rings. The molecule has 0 N–H and O–H groups in total. The number of fused-ring (bicyclic) bond motifs is 2. The van der Waals surface area contributed by atoms with E-state index < -0.39 is 24.4 Å². The molecule has 0 fully saturated rings.